The third-order valence-corrected chi connectivity index (χ3v) is 2.65. The Kier molecular flexibility index (Phi) is 2.68. The van der Waals surface area contributed by atoms with Gasteiger partial charge in [0.25, 0.3) is 0 Å². The van der Waals surface area contributed by atoms with Crippen LogP contribution in [-0.4, -0.2) is 26.8 Å². The van der Waals surface area contributed by atoms with E-state index in [0.717, 1.165) is 30.2 Å². The van der Waals surface area contributed by atoms with Crippen LogP contribution in [0.15, 0.2) is 12.1 Å². The minimum atomic E-state index is 0.176. The van der Waals surface area contributed by atoms with Crippen molar-refractivity contribution in [3.05, 3.63) is 17.7 Å². The summed E-state index contributed by atoms with van der Waals surface area (Å²) in [6, 6.07) is 4.12. The second-order valence-electron chi connectivity index (χ2n) is 3.71. The van der Waals surface area contributed by atoms with E-state index < -0.39 is 0 Å². The number of hydrogen-bond acceptors (Lipinski definition) is 4. The summed E-state index contributed by atoms with van der Waals surface area (Å²) in [5.41, 5.74) is 8.16. The average Bonchev–Trinajstić information content (AvgIpc) is 2.27. The lowest BCUT2D eigenvalue weighted by Gasteiger charge is -2.24. The maximum atomic E-state index is 5.88. The van der Waals surface area contributed by atoms with Gasteiger partial charge in [0.05, 0.1) is 14.2 Å². The van der Waals surface area contributed by atoms with E-state index >= 15 is 0 Å². The normalized spacial score (nSPS) is 19.0. The molecule has 4 heteroatoms. The molecule has 0 saturated heterocycles. The van der Waals surface area contributed by atoms with Gasteiger partial charge < -0.3 is 20.5 Å². The van der Waals surface area contributed by atoms with Crippen LogP contribution in [0.1, 0.15) is 5.56 Å². The molecule has 0 spiro atoms. The number of fused-ring (bicyclic) bond motifs is 1. The quantitative estimate of drug-likeness (QED) is 0.761. The van der Waals surface area contributed by atoms with Crippen LogP contribution in [0.4, 0.5) is 5.69 Å². The lowest BCUT2D eigenvalue weighted by Crippen LogP contribution is -2.35. The molecule has 15 heavy (non-hydrogen) atoms. The van der Waals surface area contributed by atoms with Crippen molar-refractivity contribution in [2.75, 3.05) is 26.1 Å². The Morgan fingerprint density at radius 2 is 1.93 bits per heavy atom. The summed E-state index contributed by atoms with van der Waals surface area (Å²) in [7, 11) is 3.28. The molecule has 1 heterocycles. The van der Waals surface area contributed by atoms with Crippen molar-refractivity contribution >= 4 is 5.69 Å². The lowest BCUT2D eigenvalue weighted by molar-refractivity contribution is 0.354. The van der Waals surface area contributed by atoms with Crippen molar-refractivity contribution in [1.82, 2.24) is 0 Å². The Labute approximate surface area is 89.4 Å². The molecule has 0 unspecified atom stereocenters. The molecule has 0 aliphatic carbocycles. The Hall–Kier alpha value is -1.42. The Morgan fingerprint density at radius 3 is 2.60 bits per heavy atom. The molecule has 1 atom stereocenters. The van der Waals surface area contributed by atoms with Crippen LogP contribution >= 0.6 is 0 Å². The van der Waals surface area contributed by atoms with Gasteiger partial charge >= 0.3 is 0 Å². The van der Waals surface area contributed by atoms with Crippen LogP contribution < -0.4 is 20.5 Å². The van der Waals surface area contributed by atoms with Crippen LogP contribution in [-0.2, 0) is 6.42 Å². The number of benzene rings is 1. The SMILES string of the molecule is COc1cc2c(cc1OC)NC[C@@H](N)C2. The Morgan fingerprint density at radius 1 is 1.27 bits per heavy atom. The number of nitrogens with one attached hydrogen (secondary N) is 1. The average molecular weight is 208 g/mol. The smallest absolute Gasteiger partial charge is 0.162 e. The van der Waals surface area contributed by atoms with Crippen LogP contribution in [0.2, 0.25) is 0 Å². The van der Waals surface area contributed by atoms with Crippen molar-refractivity contribution in [2.45, 2.75) is 12.5 Å². The molecule has 0 bridgehead atoms. The summed E-state index contributed by atoms with van der Waals surface area (Å²) in [4.78, 5) is 0. The van der Waals surface area contributed by atoms with Crippen molar-refractivity contribution in [2.24, 2.45) is 5.73 Å². The molecule has 82 valence electrons. The zero-order chi connectivity index (χ0) is 10.8. The van der Waals surface area contributed by atoms with Gasteiger partial charge in [0.2, 0.25) is 0 Å². The number of nitrogens with two attached hydrogens (primary N) is 1. The molecule has 1 aromatic carbocycles. The van der Waals surface area contributed by atoms with Gasteiger partial charge in [-0.3, -0.25) is 0 Å². The summed E-state index contributed by atoms with van der Waals surface area (Å²) in [5.74, 6) is 1.51. The summed E-state index contributed by atoms with van der Waals surface area (Å²) in [5, 5.41) is 3.28. The fourth-order valence-corrected chi connectivity index (χ4v) is 1.85. The molecule has 2 rings (SSSR count). The van der Waals surface area contributed by atoms with Gasteiger partial charge in [0, 0.05) is 24.3 Å². The molecule has 4 nitrogen and oxygen atoms in total. The third-order valence-electron chi connectivity index (χ3n) is 2.65. The molecular formula is C11H16N2O2. The van der Waals surface area contributed by atoms with Crippen molar-refractivity contribution in [3.63, 3.8) is 0 Å². The molecule has 3 N–H and O–H groups in total. The maximum absolute atomic E-state index is 5.88. The van der Waals surface area contributed by atoms with Crippen LogP contribution in [0, 0.1) is 0 Å². The molecule has 0 saturated carbocycles. The largest absolute Gasteiger partial charge is 0.493 e. The standard InChI is InChI=1S/C11H16N2O2/c1-14-10-4-7-3-8(12)6-13-9(7)5-11(10)15-2/h4-5,8,13H,3,6,12H2,1-2H3/t8-/m0/s1. The highest BCUT2D eigenvalue weighted by atomic mass is 16.5. The first kappa shape index (κ1) is 10.1. The predicted octanol–water partition coefficient (Wildman–Crippen LogP) is 0.999. The molecule has 1 aliphatic rings. The highest BCUT2D eigenvalue weighted by Crippen LogP contribution is 2.35. The molecule has 1 aliphatic heterocycles. The number of methoxy groups -OCH3 is 2. The van der Waals surface area contributed by atoms with Crippen LogP contribution in [0.5, 0.6) is 11.5 Å². The van der Waals surface area contributed by atoms with E-state index in [0.29, 0.717) is 0 Å². The first-order valence-corrected chi connectivity index (χ1v) is 4.99. The monoisotopic (exact) mass is 208 g/mol. The summed E-state index contributed by atoms with van der Waals surface area (Å²) >= 11 is 0. The van der Waals surface area contributed by atoms with Gasteiger partial charge in [-0.2, -0.15) is 0 Å². The van der Waals surface area contributed by atoms with Crippen LogP contribution in [0.25, 0.3) is 0 Å². The van der Waals surface area contributed by atoms with Gasteiger partial charge in [-0.1, -0.05) is 0 Å². The van der Waals surface area contributed by atoms with Crippen molar-refractivity contribution in [1.29, 1.82) is 0 Å². The minimum Gasteiger partial charge on any atom is -0.493 e. The van der Waals surface area contributed by atoms with E-state index in [1.165, 1.54) is 5.56 Å². The Bertz CT molecular complexity index is 366. The maximum Gasteiger partial charge on any atom is 0.162 e. The molecule has 0 aromatic heterocycles. The fourth-order valence-electron chi connectivity index (χ4n) is 1.85. The third kappa shape index (κ3) is 1.85. The van der Waals surface area contributed by atoms with Crippen LogP contribution in [0.3, 0.4) is 0 Å². The molecule has 0 fully saturated rings. The van der Waals surface area contributed by atoms with E-state index in [1.54, 1.807) is 14.2 Å². The van der Waals surface area contributed by atoms with Gasteiger partial charge in [-0.25, -0.2) is 0 Å². The predicted molar refractivity (Wildman–Crippen MR) is 59.7 cm³/mol. The fraction of sp³-hybridized carbons (Fsp3) is 0.455. The lowest BCUT2D eigenvalue weighted by atomic mass is 9.99. The summed E-state index contributed by atoms with van der Waals surface area (Å²) in [6.07, 6.45) is 0.878. The van der Waals surface area contributed by atoms with Gasteiger partial charge in [0.15, 0.2) is 11.5 Å². The number of rotatable bonds is 2. The molecule has 1 aromatic rings. The highest BCUT2D eigenvalue weighted by Gasteiger charge is 2.17. The second kappa shape index (κ2) is 3.98. The molecule has 0 radical (unpaired) electrons. The number of anilines is 1. The van der Waals surface area contributed by atoms with E-state index in [4.69, 9.17) is 15.2 Å². The van der Waals surface area contributed by atoms with Gasteiger partial charge in [-0.05, 0) is 18.1 Å². The minimum absolute atomic E-state index is 0.176. The van der Waals surface area contributed by atoms with Crippen molar-refractivity contribution in [3.8, 4) is 11.5 Å². The zero-order valence-electron chi connectivity index (χ0n) is 9.04. The topological polar surface area (TPSA) is 56.5 Å². The van der Waals surface area contributed by atoms with Crippen molar-refractivity contribution < 1.29 is 9.47 Å². The van der Waals surface area contributed by atoms with E-state index in [-0.39, 0.29) is 6.04 Å². The Balaban J connectivity index is 2.41. The van der Waals surface area contributed by atoms with E-state index in [9.17, 15) is 0 Å². The second-order valence-corrected chi connectivity index (χ2v) is 3.71. The highest BCUT2D eigenvalue weighted by molar-refractivity contribution is 5.62. The molecule has 0 amide bonds. The first-order chi connectivity index (χ1) is 7.24. The summed E-state index contributed by atoms with van der Waals surface area (Å²) in [6.45, 7) is 0.808. The number of hydrogen-bond donors (Lipinski definition) is 2. The first-order valence-electron chi connectivity index (χ1n) is 4.99. The van der Waals surface area contributed by atoms with Gasteiger partial charge in [-0.15, -0.1) is 0 Å². The number of ether oxygens (including phenoxy) is 2. The van der Waals surface area contributed by atoms with E-state index in [1.807, 2.05) is 12.1 Å². The van der Waals surface area contributed by atoms with E-state index in [2.05, 4.69) is 5.32 Å². The summed E-state index contributed by atoms with van der Waals surface area (Å²) < 4.78 is 10.5. The zero-order valence-corrected chi connectivity index (χ0v) is 9.04. The van der Waals surface area contributed by atoms with Gasteiger partial charge in [0.1, 0.15) is 0 Å². The molecular weight excluding hydrogens is 192 g/mol.